The van der Waals surface area contributed by atoms with Crippen LogP contribution in [0.1, 0.15) is 20.8 Å². The van der Waals surface area contributed by atoms with Gasteiger partial charge in [-0.05, 0) is 23.6 Å². The van der Waals surface area contributed by atoms with E-state index in [4.69, 9.17) is 4.42 Å². The van der Waals surface area contributed by atoms with Crippen LogP contribution in [0.25, 0.3) is 11.0 Å². The molecular weight excluding hydrogens is 332 g/mol. The van der Waals surface area contributed by atoms with E-state index in [-0.39, 0.29) is 22.9 Å². The van der Waals surface area contributed by atoms with Crippen LogP contribution in [0.3, 0.4) is 0 Å². The summed E-state index contributed by atoms with van der Waals surface area (Å²) in [6, 6.07) is 5.90. The highest BCUT2D eigenvalue weighted by Gasteiger charge is 2.26. The normalized spacial score (nSPS) is 12.7. The van der Waals surface area contributed by atoms with Crippen LogP contribution in [0.5, 0.6) is 0 Å². The van der Waals surface area contributed by atoms with Crippen LogP contribution in [0.2, 0.25) is 0 Å². The fourth-order valence-corrected chi connectivity index (χ4v) is 2.63. The van der Waals surface area contributed by atoms with Gasteiger partial charge in [-0.1, -0.05) is 20.8 Å². The van der Waals surface area contributed by atoms with Crippen LogP contribution in [0.15, 0.2) is 58.5 Å². The predicted octanol–water partition coefficient (Wildman–Crippen LogP) is 3.23. The number of benzene rings is 1. The zero-order valence-electron chi connectivity index (χ0n) is 15.0. The van der Waals surface area contributed by atoms with E-state index in [1.165, 1.54) is 12.3 Å². The van der Waals surface area contributed by atoms with Crippen molar-refractivity contribution in [2.45, 2.75) is 33.4 Å². The second-order valence-corrected chi connectivity index (χ2v) is 7.27. The Morgan fingerprint density at radius 2 is 2.12 bits per heavy atom. The molecule has 26 heavy (non-hydrogen) atoms. The van der Waals surface area contributed by atoms with E-state index in [1.54, 1.807) is 30.7 Å². The van der Waals surface area contributed by atoms with Gasteiger partial charge in [0.2, 0.25) is 0 Å². The molecule has 1 aromatic carbocycles. The van der Waals surface area contributed by atoms with Crippen LogP contribution >= 0.6 is 0 Å². The molecule has 3 aromatic rings. The van der Waals surface area contributed by atoms with Crippen molar-refractivity contribution in [2.24, 2.45) is 5.41 Å². The van der Waals surface area contributed by atoms with Gasteiger partial charge in [-0.2, -0.15) is 0 Å². The lowest BCUT2D eigenvalue weighted by atomic mass is 9.86. The monoisotopic (exact) mass is 354 g/mol. The molecular formula is C19H22N4O3. The Morgan fingerprint density at radius 3 is 2.81 bits per heavy atom. The molecule has 2 aromatic heterocycles. The van der Waals surface area contributed by atoms with Crippen LogP contribution in [0.4, 0.5) is 10.5 Å². The summed E-state index contributed by atoms with van der Waals surface area (Å²) in [6.45, 7) is 6.81. The molecule has 0 saturated heterocycles. The molecule has 0 fully saturated rings. The summed E-state index contributed by atoms with van der Waals surface area (Å²) in [4.78, 5) is 28.4. The number of anilines is 1. The molecule has 0 saturated carbocycles. The first-order valence-corrected chi connectivity index (χ1v) is 8.38. The van der Waals surface area contributed by atoms with Gasteiger partial charge in [-0.3, -0.25) is 4.79 Å². The molecule has 0 aliphatic rings. The maximum Gasteiger partial charge on any atom is 0.319 e. The van der Waals surface area contributed by atoms with Crippen LogP contribution in [-0.4, -0.2) is 21.6 Å². The Morgan fingerprint density at radius 1 is 1.31 bits per heavy atom. The molecule has 0 aliphatic carbocycles. The summed E-state index contributed by atoms with van der Waals surface area (Å²) in [6.07, 6.45) is 6.65. The Labute approximate surface area is 151 Å². The number of amides is 2. The van der Waals surface area contributed by atoms with Gasteiger partial charge in [-0.15, -0.1) is 0 Å². The molecule has 136 valence electrons. The van der Waals surface area contributed by atoms with E-state index in [1.807, 2.05) is 10.8 Å². The topological polar surface area (TPSA) is 89.2 Å². The van der Waals surface area contributed by atoms with Gasteiger partial charge < -0.3 is 19.6 Å². The molecule has 3 rings (SSSR count). The lowest BCUT2D eigenvalue weighted by Gasteiger charge is -2.31. The minimum Gasteiger partial charge on any atom is -0.464 e. The Kier molecular flexibility index (Phi) is 4.79. The highest BCUT2D eigenvalue weighted by molar-refractivity contribution is 5.92. The van der Waals surface area contributed by atoms with E-state index in [0.29, 0.717) is 23.2 Å². The van der Waals surface area contributed by atoms with Gasteiger partial charge in [-0.25, -0.2) is 9.78 Å². The number of urea groups is 1. The number of aromatic nitrogens is 2. The van der Waals surface area contributed by atoms with E-state index in [2.05, 4.69) is 36.4 Å². The van der Waals surface area contributed by atoms with Gasteiger partial charge in [0, 0.05) is 30.7 Å². The third kappa shape index (κ3) is 4.11. The van der Waals surface area contributed by atoms with Crippen molar-refractivity contribution in [1.29, 1.82) is 0 Å². The van der Waals surface area contributed by atoms with Gasteiger partial charge in [0.1, 0.15) is 5.58 Å². The average Bonchev–Trinajstić information content (AvgIpc) is 3.07. The molecule has 0 bridgehead atoms. The van der Waals surface area contributed by atoms with Crippen molar-refractivity contribution >= 4 is 22.7 Å². The maximum atomic E-state index is 12.5. The van der Waals surface area contributed by atoms with Crippen molar-refractivity contribution in [1.82, 2.24) is 14.9 Å². The molecule has 2 heterocycles. The molecule has 7 nitrogen and oxygen atoms in total. The summed E-state index contributed by atoms with van der Waals surface area (Å²) in [5.41, 5.74) is 0.717. The first-order chi connectivity index (χ1) is 12.3. The van der Waals surface area contributed by atoms with E-state index in [9.17, 15) is 9.59 Å². The number of fused-ring (bicyclic) bond motifs is 1. The number of imidazole rings is 1. The largest absolute Gasteiger partial charge is 0.464 e. The molecule has 1 unspecified atom stereocenters. The molecule has 0 radical (unpaired) electrons. The minimum atomic E-state index is -0.329. The number of nitrogens with zero attached hydrogens (tertiary/aromatic N) is 2. The Balaban J connectivity index is 1.74. The lowest BCUT2D eigenvalue weighted by molar-refractivity contribution is 0.219. The van der Waals surface area contributed by atoms with Crippen molar-refractivity contribution in [3.63, 3.8) is 0 Å². The quantitative estimate of drug-likeness (QED) is 0.753. The number of carbonyl (C=O) groups is 1. The van der Waals surface area contributed by atoms with Crippen LogP contribution < -0.4 is 16.1 Å². The summed E-state index contributed by atoms with van der Waals surface area (Å²) in [5.74, 6) is 0. The number of nitrogens with one attached hydrogen (secondary N) is 2. The molecule has 0 aliphatic heterocycles. The number of hydrogen-bond acceptors (Lipinski definition) is 4. The zero-order valence-corrected chi connectivity index (χ0v) is 15.0. The SMILES string of the molecule is CC(C)(C)C(Cn1ccnc1)NC(=O)Nc1ccc2occc(=O)c2c1. The third-order valence-corrected chi connectivity index (χ3v) is 4.22. The summed E-state index contributed by atoms with van der Waals surface area (Å²) in [5, 5.41) is 6.22. The fourth-order valence-electron chi connectivity index (χ4n) is 2.63. The number of hydrogen-bond donors (Lipinski definition) is 2. The highest BCUT2D eigenvalue weighted by Crippen LogP contribution is 2.21. The van der Waals surface area contributed by atoms with Gasteiger partial charge in [0.15, 0.2) is 5.43 Å². The minimum absolute atomic E-state index is 0.109. The molecule has 7 heteroatoms. The smallest absolute Gasteiger partial charge is 0.319 e. The summed E-state index contributed by atoms with van der Waals surface area (Å²) in [7, 11) is 0. The second-order valence-electron chi connectivity index (χ2n) is 7.27. The van der Waals surface area contributed by atoms with Gasteiger partial charge in [0.05, 0.1) is 24.0 Å². The van der Waals surface area contributed by atoms with Crippen molar-refractivity contribution in [3.8, 4) is 0 Å². The van der Waals surface area contributed by atoms with Gasteiger partial charge in [0.25, 0.3) is 0 Å². The van der Waals surface area contributed by atoms with Crippen molar-refractivity contribution in [2.75, 3.05) is 5.32 Å². The summed E-state index contributed by atoms with van der Waals surface area (Å²) < 4.78 is 7.21. The van der Waals surface area contributed by atoms with E-state index in [0.717, 1.165) is 0 Å². The third-order valence-electron chi connectivity index (χ3n) is 4.22. The lowest BCUT2D eigenvalue weighted by Crippen LogP contribution is -2.47. The van der Waals surface area contributed by atoms with Crippen LogP contribution in [-0.2, 0) is 6.54 Å². The Hall–Kier alpha value is -3.09. The predicted molar refractivity (Wildman–Crippen MR) is 100 cm³/mol. The fraction of sp³-hybridized carbons (Fsp3) is 0.316. The second kappa shape index (κ2) is 7.03. The van der Waals surface area contributed by atoms with Crippen molar-refractivity contribution in [3.05, 3.63) is 59.5 Å². The van der Waals surface area contributed by atoms with E-state index < -0.39 is 0 Å². The summed E-state index contributed by atoms with van der Waals surface area (Å²) >= 11 is 0. The van der Waals surface area contributed by atoms with Crippen molar-refractivity contribution < 1.29 is 9.21 Å². The average molecular weight is 354 g/mol. The zero-order chi connectivity index (χ0) is 18.7. The molecule has 2 N–H and O–H groups in total. The van der Waals surface area contributed by atoms with E-state index >= 15 is 0 Å². The highest BCUT2D eigenvalue weighted by atomic mass is 16.3. The Bertz CT molecular complexity index is 955. The first-order valence-electron chi connectivity index (χ1n) is 8.38. The number of rotatable bonds is 4. The first kappa shape index (κ1) is 17.7. The molecule has 2 amide bonds. The van der Waals surface area contributed by atoms with Gasteiger partial charge >= 0.3 is 6.03 Å². The molecule has 0 spiro atoms. The van der Waals surface area contributed by atoms with Crippen LogP contribution in [0, 0.1) is 5.41 Å². The molecule has 1 atom stereocenters. The maximum absolute atomic E-state index is 12.5. The number of carbonyl (C=O) groups excluding carboxylic acids is 1. The standard InChI is InChI=1S/C19H22N4O3/c1-19(2,3)17(11-23-8-7-20-12-23)22-18(25)21-13-4-5-16-14(10-13)15(24)6-9-26-16/h4-10,12,17H,11H2,1-3H3,(H2,21,22,25).